The molecule has 1 aromatic carbocycles. The van der Waals surface area contributed by atoms with Crippen LogP contribution in [0.4, 0.5) is 10.5 Å². The van der Waals surface area contributed by atoms with E-state index in [1.54, 1.807) is 13.0 Å². The number of urea groups is 1. The Hall–Kier alpha value is -2.41. The van der Waals surface area contributed by atoms with Crippen LogP contribution in [0.3, 0.4) is 0 Å². The Balaban J connectivity index is 1.83. The first-order valence-corrected chi connectivity index (χ1v) is 8.96. The lowest BCUT2D eigenvalue weighted by molar-refractivity contribution is -0.150. The lowest BCUT2D eigenvalue weighted by Crippen LogP contribution is -2.46. The highest BCUT2D eigenvalue weighted by atomic mass is 16.5. The van der Waals surface area contributed by atoms with Crippen molar-refractivity contribution in [2.45, 2.75) is 33.6 Å². The van der Waals surface area contributed by atoms with Crippen LogP contribution < -0.4 is 10.6 Å². The molecule has 0 saturated carbocycles. The van der Waals surface area contributed by atoms with Gasteiger partial charge in [-0.25, -0.2) is 4.79 Å². The first-order chi connectivity index (χ1) is 12.4. The number of imide groups is 1. The van der Waals surface area contributed by atoms with E-state index in [2.05, 4.69) is 10.6 Å². The number of carbonyl (C=O) groups is 3. The molecule has 1 aliphatic rings. The number of aryl methyl sites for hydroxylation is 1. The molecule has 0 aliphatic carbocycles. The fraction of sp³-hybridized carbons (Fsp3) is 0.526. The summed E-state index contributed by atoms with van der Waals surface area (Å²) < 4.78 is 5.06. The molecule has 7 nitrogen and oxygen atoms in total. The number of likely N-dealkylation sites (tertiary alicyclic amines) is 1. The Morgan fingerprint density at radius 3 is 2.77 bits per heavy atom. The van der Waals surface area contributed by atoms with E-state index in [9.17, 15) is 14.4 Å². The van der Waals surface area contributed by atoms with Crippen molar-refractivity contribution >= 4 is 23.6 Å². The normalized spacial score (nSPS) is 17.4. The van der Waals surface area contributed by atoms with E-state index >= 15 is 0 Å². The highest BCUT2D eigenvalue weighted by Gasteiger charge is 2.28. The molecule has 1 saturated heterocycles. The lowest BCUT2D eigenvalue weighted by Gasteiger charge is -2.30. The van der Waals surface area contributed by atoms with Crippen molar-refractivity contribution in [1.29, 1.82) is 0 Å². The molecule has 1 fully saturated rings. The van der Waals surface area contributed by atoms with E-state index in [-0.39, 0.29) is 18.4 Å². The third kappa shape index (κ3) is 5.56. The van der Waals surface area contributed by atoms with Gasteiger partial charge in [0, 0.05) is 12.2 Å². The van der Waals surface area contributed by atoms with Gasteiger partial charge in [-0.2, -0.15) is 0 Å². The molecule has 1 aliphatic heterocycles. The summed E-state index contributed by atoms with van der Waals surface area (Å²) in [7, 11) is 0. The van der Waals surface area contributed by atoms with Gasteiger partial charge in [-0.15, -0.1) is 0 Å². The summed E-state index contributed by atoms with van der Waals surface area (Å²) in [6.45, 7) is 7.29. The number of nitrogens with zero attached hydrogens (tertiary/aromatic N) is 1. The minimum Gasteiger partial charge on any atom is -0.466 e. The molecule has 0 aromatic heterocycles. The molecule has 0 spiro atoms. The Labute approximate surface area is 154 Å². The molecule has 142 valence electrons. The SMILES string of the molecule is CCOC(=O)[C@@H]1CCCN(CC(=O)NC(=O)Nc2cccc(C)c2C)C1. The molecule has 2 N–H and O–H groups in total. The van der Waals surface area contributed by atoms with Crippen LogP contribution in [0.25, 0.3) is 0 Å². The average molecular weight is 361 g/mol. The van der Waals surface area contributed by atoms with Crippen LogP contribution in [-0.4, -0.2) is 49.0 Å². The first kappa shape index (κ1) is 19.9. The van der Waals surface area contributed by atoms with Crippen molar-refractivity contribution < 1.29 is 19.1 Å². The van der Waals surface area contributed by atoms with Gasteiger partial charge in [0.05, 0.1) is 19.1 Å². The van der Waals surface area contributed by atoms with Crippen molar-refractivity contribution in [3.8, 4) is 0 Å². The lowest BCUT2D eigenvalue weighted by atomic mass is 9.98. The summed E-state index contributed by atoms with van der Waals surface area (Å²) in [5, 5.41) is 5.04. The van der Waals surface area contributed by atoms with E-state index in [0.29, 0.717) is 18.8 Å². The average Bonchev–Trinajstić information content (AvgIpc) is 2.59. The van der Waals surface area contributed by atoms with Gasteiger partial charge in [-0.3, -0.25) is 19.8 Å². The Bertz CT molecular complexity index is 675. The van der Waals surface area contributed by atoms with Gasteiger partial charge in [-0.1, -0.05) is 12.1 Å². The number of benzene rings is 1. The number of amides is 3. The smallest absolute Gasteiger partial charge is 0.325 e. The standard InChI is InChI=1S/C19H27N3O4/c1-4-26-18(24)15-8-6-10-22(11-15)12-17(23)21-19(25)20-16-9-5-7-13(2)14(16)3/h5,7,9,15H,4,6,8,10-12H2,1-3H3,(H2,20,21,23,25)/t15-/m1/s1. The summed E-state index contributed by atoms with van der Waals surface area (Å²) in [5.41, 5.74) is 2.70. The molecular weight excluding hydrogens is 334 g/mol. The maximum atomic E-state index is 12.1. The molecule has 0 radical (unpaired) electrons. The second kappa shape index (κ2) is 9.33. The van der Waals surface area contributed by atoms with Gasteiger partial charge in [0.15, 0.2) is 0 Å². The maximum Gasteiger partial charge on any atom is 0.325 e. The largest absolute Gasteiger partial charge is 0.466 e. The fourth-order valence-electron chi connectivity index (χ4n) is 3.06. The van der Waals surface area contributed by atoms with Gasteiger partial charge < -0.3 is 10.1 Å². The summed E-state index contributed by atoms with van der Waals surface area (Å²) in [4.78, 5) is 37.9. The number of nitrogens with one attached hydrogen (secondary N) is 2. The number of esters is 1. The zero-order valence-corrected chi connectivity index (χ0v) is 15.6. The number of carbonyl (C=O) groups excluding carboxylic acids is 3. The van der Waals surface area contributed by atoms with Gasteiger partial charge in [0.2, 0.25) is 5.91 Å². The van der Waals surface area contributed by atoms with E-state index in [0.717, 1.165) is 30.5 Å². The van der Waals surface area contributed by atoms with Gasteiger partial charge in [0.1, 0.15) is 0 Å². The van der Waals surface area contributed by atoms with Crippen LogP contribution in [0, 0.1) is 19.8 Å². The van der Waals surface area contributed by atoms with Crippen LogP contribution in [-0.2, 0) is 14.3 Å². The molecule has 3 amide bonds. The summed E-state index contributed by atoms with van der Waals surface area (Å²) >= 11 is 0. The van der Waals surface area contributed by atoms with E-state index in [1.807, 2.05) is 30.9 Å². The Morgan fingerprint density at radius 1 is 1.27 bits per heavy atom. The van der Waals surface area contributed by atoms with Gasteiger partial charge >= 0.3 is 12.0 Å². The quantitative estimate of drug-likeness (QED) is 0.785. The molecule has 1 heterocycles. The van der Waals surface area contributed by atoms with Crippen molar-refractivity contribution in [2.24, 2.45) is 5.92 Å². The topological polar surface area (TPSA) is 87.7 Å². The monoisotopic (exact) mass is 361 g/mol. The van der Waals surface area contributed by atoms with Crippen LogP contribution >= 0.6 is 0 Å². The predicted molar refractivity (Wildman–Crippen MR) is 98.9 cm³/mol. The van der Waals surface area contributed by atoms with Gasteiger partial charge in [0.25, 0.3) is 0 Å². The summed E-state index contributed by atoms with van der Waals surface area (Å²) in [5.74, 6) is -0.817. The third-order valence-corrected chi connectivity index (χ3v) is 4.60. The third-order valence-electron chi connectivity index (χ3n) is 4.60. The molecular formula is C19H27N3O4. The number of rotatable bonds is 5. The van der Waals surface area contributed by atoms with Crippen LogP contribution in [0.2, 0.25) is 0 Å². The molecule has 0 unspecified atom stereocenters. The molecule has 7 heteroatoms. The Morgan fingerprint density at radius 2 is 2.04 bits per heavy atom. The summed E-state index contributed by atoms with van der Waals surface area (Å²) in [6, 6.07) is 5.05. The molecule has 1 aromatic rings. The van der Waals surface area contributed by atoms with Crippen molar-refractivity contribution in [3.05, 3.63) is 29.3 Å². The minimum absolute atomic E-state index is 0.0795. The number of piperidine rings is 1. The zero-order chi connectivity index (χ0) is 19.1. The highest BCUT2D eigenvalue weighted by molar-refractivity contribution is 6.02. The summed E-state index contributed by atoms with van der Waals surface area (Å²) in [6.07, 6.45) is 1.59. The minimum atomic E-state index is -0.553. The second-order valence-corrected chi connectivity index (χ2v) is 6.58. The maximum absolute atomic E-state index is 12.1. The van der Waals surface area contributed by atoms with E-state index in [1.165, 1.54) is 0 Å². The van der Waals surface area contributed by atoms with Gasteiger partial charge in [-0.05, 0) is 57.4 Å². The first-order valence-electron chi connectivity index (χ1n) is 8.96. The van der Waals surface area contributed by atoms with Crippen molar-refractivity contribution in [2.75, 3.05) is 31.6 Å². The van der Waals surface area contributed by atoms with Crippen molar-refractivity contribution in [1.82, 2.24) is 10.2 Å². The van der Waals surface area contributed by atoms with Crippen molar-refractivity contribution in [3.63, 3.8) is 0 Å². The number of ether oxygens (including phenoxy) is 1. The Kier molecular flexibility index (Phi) is 7.15. The molecule has 26 heavy (non-hydrogen) atoms. The second-order valence-electron chi connectivity index (χ2n) is 6.58. The highest BCUT2D eigenvalue weighted by Crippen LogP contribution is 2.18. The fourth-order valence-corrected chi connectivity index (χ4v) is 3.06. The number of hydrogen-bond acceptors (Lipinski definition) is 5. The molecule has 0 bridgehead atoms. The van der Waals surface area contributed by atoms with Crippen LogP contribution in [0.15, 0.2) is 18.2 Å². The van der Waals surface area contributed by atoms with Crippen LogP contribution in [0.1, 0.15) is 30.9 Å². The number of hydrogen-bond donors (Lipinski definition) is 2. The predicted octanol–water partition coefficient (Wildman–Crippen LogP) is 2.23. The molecule has 2 rings (SSSR count). The zero-order valence-electron chi connectivity index (χ0n) is 15.6. The van der Waals surface area contributed by atoms with E-state index in [4.69, 9.17) is 4.74 Å². The molecule has 1 atom stereocenters. The number of anilines is 1. The van der Waals surface area contributed by atoms with E-state index < -0.39 is 11.9 Å². The van der Waals surface area contributed by atoms with Crippen LogP contribution in [0.5, 0.6) is 0 Å².